The molecule has 1 saturated heterocycles. The first kappa shape index (κ1) is 14.9. The molecule has 2 aliphatic heterocycles. The molecule has 1 aromatic rings. The SMILES string of the molecule is OCCC1CC(O)C(O)[C@]2(CCc3ccccc3CO2)O1. The summed E-state index contributed by atoms with van der Waals surface area (Å²) in [5, 5.41) is 29.6. The first-order valence-electron chi connectivity index (χ1n) is 7.50. The molecule has 0 saturated carbocycles. The highest BCUT2D eigenvalue weighted by Gasteiger charge is 2.50. The second-order valence-electron chi connectivity index (χ2n) is 5.87. The van der Waals surface area contributed by atoms with Crippen molar-refractivity contribution in [3.63, 3.8) is 0 Å². The Kier molecular flexibility index (Phi) is 4.28. The first-order chi connectivity index (χ1) is 10.1. The van der Waals surface area contributed by atoms with Crippen LogP contribution >= 0.6 is 0 Å². The highest BCUT2D eigenvalue weighted by atomic mass is 16.7. The van der Waals surface area contributed by atoms with Crippen molar-refractivity contribution >= 4 is 0 Å². The Morgan fingerprint density at radius 1 is 1.19 bits per heavy atom. The van der Waals surface area contributed by atoms with Crippen molar-refractivity contribution < 1.29 is 24.8 Å². The zero-order valence-corrected chi connectivity index (χ0v) is 11.9. The van der Waals surface area contributed by atoms with Gasteiger partial charge in [-0.25, -0.2) is 0 Å². The zero-order chi connectivity index (χ0) is 14.9. The third kappa shape index (κ3) is 2.84. The summed E-state index contributed by atoms with van der Waals surface area (Å²) in [5.41, 5.74) is 2.27. The van der Waals surface area contributed by atoms with Crippen LogP contribution in [0.5, 0.6) is 0 Å². The highest BCUT2D eigenvalue weighted by Crippen LogP contribution is 2.38. The molecule has 5 heteroatoms. The van der Waals surface area contributed by atoms with E-state index in [1.165, 1.54) is 5.56 Å². The second-order valence-corrected chi connectivity index (χ2v) is 5.87. The molecular weight excluding hydrogens is 272 g/mol. The highest BCUT2D eigenvalue weighted by molar-refractivity contribution is 5.27. The lowest BCUT2D eigenvalue weighted by Crippen LogP contribution is -2.59. The van der Waals surface area contributed by atoms with E-state index in [-0.39, 0.29) is 12.7 Å². The van der Waals surface area contributed by atoms with E-state index in [0.717, 1.165) is 12.0 Å². The number of aryl methyl sites for hydroxylation is 1. The van der Waals surface area contributed by atoms with E-state index >= 15 is 0 Å². The molecule has 1 spiro atoms. The lowest BCUT2D eigenvalue weighted by Gasteiger charge is -2.46. The lowest BCUT2D eigenvalue weighted by atomic mass is 9.90. The maximum absolute atomic E-state index is 10.4. The van der Waals surface area contributed by atoms with Crippen LogP contribution in [-0.4, -0.2) is 46.0 Å². The Hall–Kier alpha value is -0.980. The summed E-state index contributed by atoms with van der Waals surface area (Å²) < 4.78 is 11.9. The van der Waals surface area contributed by atoms with Crippen molar-refractivity contribution in [3.05, 3.63) is 35.4 Å². The summed E-state index contributed by atoms with van der Waals surface area (Å²) in [5.74, 6) is -1.18. The number of hydrogen-bond acceptors (Lipinski definition) is 5. The van der Waals surface area contributed by atoms with Gasteiger partial charge in [0.1, 0.15) is 6.10 Å². The number of rotatable bonds is 2. The van der Waals surface area contributed by atoms with E-state index in [9.17, 15) is 10.2 Å². The molecule has 2 aliphatic rings. The summed E-state index contributed by atoms with van der Waals surface area (Å²) in [6, 6.07) is 8.00. The van der Waals surface area contributed by atoms with Crippen molar-refractivity contribution in [2.24, 2.45) is 0 Å². The van der Waals surface area contributed by atoms with Gasteiger partial charge in [0.15, 0.2) is 5.79 Å². The van der Waals surface area contributed by atoms with Gasteiger partial charge in [0.2, 0.25) is 0 Å². The van der Waals surface area contributed by atoms with Gasteiger partial charge >= 0.3 is 0 Å². The number of hydrogen-bond donors (Lipinski definition) is 3. The molecule has 116 valence electrons. The smallest absolute Gasteiger partial charge is 0.197 e. The fraction of sp³-hybridized carbons (Fsp3) is 0.625. The summed E-state index contributed by atoms with van der Waals surface area (Å²) in [4.78, 5) is 0. The molecule has 0 aromatic heterocycles. The van der Waals surface area contributed by atoms with E-state index < -0.39 is 18.0 Å². The minimum absolute atomic E-state index is 0.0101. The van der Waals surface area contributed by atoms with E-state index in [0.29, 0.717) is 25.9 Å². The maximum atomic E-state index is 10.4. The van der Waals surface area contributed by atoms with Crippen LogP contribution < -0.4 is 0 Å². The Morgan fingerprint density at radius 3 is 2.71 bits per heavy atom. The Balaban J connectivity index is 1.82. The molecule has 21 heavy (non-hydrogen) atoms. The summed E-state index contributed by atoms with van der Waals surface area (Å²) in [7, 11) is 0. The van der Waals surface area contributed by atoms with E-state index in [1.54, 1.807) is 0 Å². The molecule has 0 bridgehead atoms. The van der Waals surface area contributed by atoms with Gasteiger partial charge in [0.05, 0.1) is 18.8 Å². The van der Waals surface area contributed by atoms with Crippen molar-refractivity contribution in [2.75, 3.05) is 6.61 Å². The molecule has 0 amide bonds. The normalized spacial score (nSPS) is 36.2. The molecule has 2 heterocycles. The van der Waals surface area contributed by atoms with Crippen molar-refractivity contribution in [1.82, 2.24) is 0 Å². The molecule has 3 rings (SSSR count). The monoisotopic (exact) mass is 294 g/mol. The Labute approximate surface area is 124 Å². The lowest BCUT2D eigenvalue weighted by molar-refractivity contribution is -0.346. The summed E-state index contributed by atoms with van der Waals surface area (Å²) in [6.45, 7) is 0.343. The average Bonchev–Trinajstić information content (AvgIpc) is 2.67. The number of fused-ring (bicyclic) bond motifs is 1. The fourth-order valence-corrected chi connectivity index (χ4v) is 3.26. The van der Waals surface area contributed by atoms with Crippen LogP contribution in [0.3, 0.4) is 0 Å². The van der Waals surface area contributed by atoms with Crippen LogP contribution in [-0.2, 0) is 22.5 Å². The van der Waals surface area contributed by atoms with E-state index in [1.807, 2.05) is 18.2 Å². The van der Waals surface area contributed by atoms with Crippen molar-refractivity contribution in [2.45, 2.75) is 56.4 Å². The van der Waals surface area contributed by atoms with Crippen LogP contribution in [0.2, 0.25) is 0 Å². The third-order valence-corrected chi connectivity index (χ3v) is 4.47. The van der Waals surface area contributed by atoms with Crippen LogP contribution in [0.25, 0.3) is 0 Å². The summed E-state index contributed by atoms with van der Waals surface area (Å²) in [6.07, 6.45) is -0.287. The van der Waals surface area contributed by atoms with Gasteiger partial charge in [-0.1, -0.05) is 24.3 Å². The van der Waals surface area contributed by atoms with E-state index in [4.69, 9.17) is 14.6 Å². The third-order valence-electron chi connectivity index (χ3n) is 4.47. The predicted octanol–water partition coefficient (Wildman–Crippen LogP) is 0.739. The largest absolute Gasteiger partial charge is 0.396 e. The van der Waals surface area contributed by atoms with Gasteiger partial charge in [0.25, 0.3) is 0 Å². The molecule has 1 fully saturated rings. The molecule has 0 radical (unpaired) electrons. The maximum Gasteiger partial charge on any atom is 0.197 e. The minimum atomic E-state index is -1.18. The van der Waals surface area contributed by atoms with Gasteiger partial charge in [-0.15, -0.1) is 0 Å². The second kappa shape index (κ2) is 6.02. The molecule has 1 aromatic carbocycles. The Bertz CT molecular complexity index is 462. The fourth-order valence-electron chi connectivity index (χ4n) is 3.26. The number of ether oxygens (including phenoxy) is 2. The zero-order valence-electron chi connectivity index (χ0n) is 11.9. The van der Waals surface area contributed by atoms with Gasteiger partial charge in [-0.05, 0) is 24.0 Å². The topological polar surface area (TPSA) is 79.2 Å². The Morgan fingerprint density at radius 2 is 1.95 bits per heavy atom. The number of aliphatic hydroxyl groups is 3. The van der Waals surface area contributed by atoms with Crippen LogP contribution in [0.15, 0.2) is 24.3 Å². The number of aliphatic hydroxyl groups excluding tert-OH is 3. The van der Waals surface area contributed by atoms with Crippen LogP contribution in [0.1, 0.15) is 30.4 Å². The molecule has 3 unspecified atom stereocenters. The van der Waals surface area contributed by atoms with Crippen molar-refractivity contribution in [1.29, 1.82) is 0 Å². The van der Waals surface area contributed by atoms with Crippen molar-refractivity contribution in [3.8, 4) is 0 Å². The average molecular weight is 294 g/mol. The molecule has 3 N–H and O–H groups in total. The van der Waals surface area contributed by atoms with Gasteiger partial charge in [0, 0.05) is 19.4 Å². The van der Waals surface area contributed by atoms with E-state index in [2.05, 4.69) is 6.07 Å². The molecule has 5 nitrogen and oxygen atoms in total. The van der Waals surface area contributed by atoms with Gasteiger partial charge < -0.3 is 24.8 Å². The number of benzene rings is 1. The van der Waals surface area contributed by atoms with Crippen LogP contribution in [0.4, 0.5) is 0 Å². The summed E-state index contributed by atoms with van der Waals surface area (Å²) >= 11 is 0. The van der Waals surface area contributed by atoms with Gasteiger partial charge in [-0.3, -0.25) is 0 Å². The predicted molar refractivity (Wildman–Crippen MR) is 75.5 cm³/mol. The van der Waals surface area contributed by atoms with Gasteiger partial charge in [-0.2, -0.15) is 0 Å². The molecular formula is C16H22O5. The quantitative estimate of drug-likeness (QED) is 0.750. The standard InChI is InChI=1S/C16H22O5/c17-8-6-13-9-14(18)15(19)16(21-13)7-5-11-3-1-2-4-12(11)10-20-16/h1-4,13-15,17-19H,5-10H2/t13?,14?,15?,16-/m0/s1. The van der Waals surface area contributed by atoms with Crippen LogP contribution in [0, 0.1) is 0 Å². The minimum Gasteiger partial charge on any atom is -0.396 e. The molecule has 4 atom stereocenters. The first-order valence-corrected chi connectivity index (χ1v) is 7.50. The molecule has 0 aliphatic carbocycles.